The summed E-state index contributed by atoms with van der Waals surface area (Å²) in [4.78, 5) is 0. The van der Waals surface area contributed by atoms with Crippen molar-refractivity contribution in [2.45, 2.75) is 51.0 Å². The topological polar surface area (TPSA) is 36.9 Å². The number of benzene rings is 3. The zero-order valence-electron chi connectivity index (χ0n) is 21.6. The van der Waals surface area contributed by atoms with Gasteiger partial charge in [-0.2, -0.15) is 13.2 Å². The molecule has 0 N–H and O–H groups in total. The van der Waals surface area contributed by atoms with Crippen molar-refractivity contribution in [3.05, 3.63) is 77.1 Å². The Bertz CT molecular complexity index is 1160. The highest BCUT2D eigenvalue weighted by Crippen LogP contribution is 2.26. The van der Waals surface area contributed by atoms with E-state index < -0.39 is 12.8 Å². The highest BCUT2D eigenvalue weighted by Gasteiger charge is 2.28. The molecule has 3 aromatic carbocycles. The Morgan fingerprint density at radius 2 is 1.61 bits per heavy atom. The van der Waals surface area contributed by atoms with Gasteiger partial charge in [-0.25, -0.2) is 4.39 Å². The van der Waals surface area contributed by atoms with Crippen molar-refractivity contribution in [1.82, 2.24) is 0 Å². The summed E-state index contributed by atoms with van der Waals surface area (Å²) in [5.41, 5.74) is 2.60. The van der Waals surface area contributed by atoms with Gasteiger partial charge < -0.3 is 18.9 Å². The highest BCUT2D eigenvalue weighted by atomic mass is 19.4. The van der Waals surface area contributed by atoms with Crippen LogP contribution in [0.1, 0.15) is 36.0 Å². The quantitative estimate of drug-likeness (QED) is 0.184. The first kappa shape index (κ1) is 28.3. The summed E-state index contributed by atoms with van der Waals surface area (Å²) in [5.74, 6) is 0.330. The van der Waals surface area contributed by atoms with E-state index >= 15 is 4.39 Å². The molecule has 4 nitrogen and oxygen atoms in total. The van der Waals surface area contributed by atoms with E-state index in [0.29, 0.717) is 42.9 Å². The monoisotopic (exact) mass is 534 g/mol. The molecule has 1 aliphatic rings. The summed E-state index contributed by atoms with van der Waals surface area (Å²) in [6.45, 7) is 0.839. The van der Waals surface area contributed by atoms with Crippen LogP contribution in [0.4, 0.5) is 17.6 Å². The molecule has 0 unspecified atom stereocenters. The zero-order valence-corrected chi connectivity index (χ0v) is 21.6. The Hall–Kier alpha value is -2.68. The van der Waals surface area contributed by atoms with Crippen LogP contribution in [0.25, 0.3) is 10.8 Å². The van der Waals surface area contributed by atoms with Crippen molar-refractivity contribution in [2.75, 3.05) is 33.5 Å². The number of halogens is 4. The van der Waals surface area contributed by atoms with Crippen molar-refractivity contribution in [3.8, 4) is 5.75 Å². The summed E-state index contributed by atoms with van der Waals surface area (Å²) in [6.07, 6.45) is 0.0193. The number of hydrogen-bond donors (Lipinski definition) is 0. The van der Waals surface area contributed by atoms with Crippen LogP contribution < -0.4 is 4.74 Å². The van der Waals surface area contributed by atoms with E-state index in [1.165, 1.54) is 12.1 Å². The van der Waals surface area contributed by atoms with Gasteiger partial charge in [0.25, 0.3) is 0 Å². The van der Waals surface area contributed by atoms with Gasteiger partial charge in [-0.05, 0) is 66.3 Å². The molecular formula is C30H34F4O4. The van der Waals surface area contributed by atoms with Gasteiger partial charge in [0.15, 0.2) is 12.9 Å². The van der Waals surface area contributed by atoms with Crippen LogP contribution in [0.15, 0.2) is 54.6 Å². The second-order valence-electron chi connectivity index (χ2n) is 9.78. The molecule has 0 bridgehead atoms. The third kappa shape index (κ3) is 8.41. The number of rotatable bonds is 12. The van der Waals surface area contributed by atoms with Crippen LogP contribution in [-0.4, -0.2) is 46.0 Å². The number of aryl methyl sites for hydroxylation is 3. The standard InChI is InChI=1S/C30H34F4O4/c1-35-16-2-3-23-18-36-28(37-19-23)15-8-22-7-14-27-25(17-22)11-10-24(29(27)31)9-4-21-5-12-26(13-6-21)38-20-30(32,33)34/h5-7,10-14,17,23,28H,2-4,8-9,15-16,18-20H2,1H3. The summed E-state index contributed by atoms with van der Waals surface area (Å²) in [7, 11) is 1.71. The Morgan fingerprint density at radius 1 is 0.868 bits per heavy atom. The molecule has 1 saturated heterocycles. The molecule has 0 atom stereocenters. The Balaban J connectivity index is 1.27. The van der Waals surface area contributed by atoms with Crippen molar-refractivity contribution in [2.24, 2.45) is 5.92 Å². The van der Waals surface area contributed by atoms with Crippen molar-refractivity contribution >= 4 is 10.8 Å². The van der Waals surface area contributed by atoms with Crippen LogP contribution in [-0.2, 0) is 33.5 Å². The normalized spacial score (nSPS) is 18.1. The summed E-state index contributed by atoms with van der Waals surface area (Å²) in [6, 6.07) is 15.9. The first-order valence-electron chi connectivity index (χ1n) is 13.0. The molecule has 1 aliphatic heterocycles. The molecule has 0 saturated carbocycles. The van der Waals surface area contributed by atoms with E-state index in [1.54, 1.807) is 25.3 Å². The Kier molecular flexibility index (Phi) is 9.99. The first-order valence-corrected chi connectivity index (χ1v) is 13.0. The molecule has 3 aromatic rings. The van der Waals surface area contributed by atoms with Gasteiger partial charge >= 0.3 is 6.18 Å². The SMILES string of the molecule is COCCCC1COC(CCc2ccc3c(F)c(CCc4ccc(OCC(F)(F)F)cc4)ccc3c2)OC1. The molecule has 0 radical (unpaired) electrons. The predicted octanol–water partition coefficient (Wildman–Crippen LogP) is 7.05. The number of alkyl halides is 3. The maximum Gasteiger partial charge on any atom is 0.422 e. The van der Waals surface area contributed by atoms with Crippen LogP contribution in [0.5, 0.6) is 5.75 Å². The Morgan fingerprint density at radius 3 is 2.32 bits per heavy atom. The highest BCUT2D eigenvalue weighted by molar-refractivity contribution is 5.84. The van der Waals surface area contributed by atoms with Crippen molar-refractivity contribution < 1.29 is 36.5 Å². The first-order chi connectivity index (χ1) is 18.3. The fourth-order valence-electron chi connectivity index (χ4n) is 4.65. The van der Waals surface area contributed by atoms with Crippen molar-refractivity contribution in [3.63, 3.8) is 0 Å². The Labute approximate surface area is 220 Å². The molecular weight excluding hydrogens is 500 g/mol. The average Bonchev–Trinajstić information content (AvgIpc) is 2.91. The van der Waals surface area contributed by atoms with E-state index in [4.69, 9.17) is 18.9 Å². The van der Waals surface area contributed by atoms with Gasteiger partial charge in [0.05, 0.1) is 13.2 Å². The molecule has 4 rings (SSSR count). The lowest BCUT2D eigenvalue weighted by molar-refractivity contribution is -0.203. The van der Waals surface area contributed by atoms with E-state index in [-0.39, 0.29) is 17.9 Å². The second-order valence-corrected chi connectivity index (χ2v) is 9.78. The molecule has 38 heavy (non-hydrogen) atoms. The fraction of sp³-hybridized carbons (Fsp3) is 0.467. The van der Waals surface area contributed by atoms with Crippen LogP contribution in [0.3, 0.4) is 0 Å². The third-order valence-corrected chi connectivity index (χ3v) is 6.77. The lowest BCUT2D eigenvalue weighted by Gasteiger charge is -2.29. The number of methoxy groups -OCH3 is 1. The number of fused-ring (bicyclic) bond motifs is 1. The largest absolute Gasteiger partial charge is 0.484 e. The number of hydrogen-bond acceptors (Lipinski definition) is 4. The zero-order chi connectivity index (χ0) is 27.0. The molecule has 1 fully saturated rings. The second kappa shape index (κ2) is 13.4. The van der Waals surface area contributed by atoms with Gasteiger partial charge in [0.2, 0.25) is 0 Å². The minimum absolute atomic E-state index is 0.155. The fourth-order valence-corrected chi connectivity index (χ4v) is 4.65. The maximum atomic E-state index is 15.2. The van der Waals surface area contributed by atoms with Crippen LogP contribution >= 0.6 is 0 Å². The number of ether oxygens (including phenoxy) is 4. The third-order valence-electron chi connectivity index (χ3n) is 6.77. The van der Waals surface area contributed by atoms with Gasteiger partial charge in [0.1, 0.15) is 11.6 Å². The minimum Gasteiger partial charge on any atom is -0.484 e. The van der Waals surface area contributed by atoms with Gasteiger partial charge in [-0.1, -0.05) is 42.5 Å². The summed E-state index contributed by atoms with van der Waals surface area (Å²) in [5, 5.41) is 1.42. The van der Waals surface area contributed by atoms with Crippen LogP contribution in [0.2, 0.25) is 0 Å². The van der Waals surface area contributed by atoms with E-state index in [0.717, 1.165) is 48.8 Å². The maximum absolute atomic E-state index is 15.2. The summed E-state index contributed by atoms with van der Waals surface area (Å²) < 4.78 is 73.7. The van der Waals surface area contributed by atoms with E-state index in [1.807, 2.05) is 24.3 Å². The molecule has 0 amide bonds. The van der Waals surface area contributed by atoms with Gasteiger partial charge in [0, 0.05) is 31.4 Å². The molecule has 0 aromatic heterocycles. The molecule has 8 heteroatoms. The van der Waals surface area contributed by atoms with Crippen LogP contribution in [0, 0.1) is 11.7 Å². The van der Waals surface area contributed by atoms with E-state index in [2.05, 4.69) is 0 Å². The van der Waals surface area contributed by atoms with Crippen molar-refractivity contribution in [1.29, 1.82) is 0 Å². The lowest BCUT2D eigenvalue weighted by Crippen LogP contribution is -2.32. The lowest BCUT2D eigenvalue weighted by atomic mass is 9.98. The molecule has 0 spiro atoms. The van der Waals surface area contributed by atoms with Gasteiger partial charge in [-0.15, -0.1) is 0 Å². The minimum atomic E-state index is -4.38. The van der Waals surface area contributed by atoms with E-state index in [9.17, 15) is 13.2 Å². The predicted molar refractivity (Wildman–Crippen MR) is 138 cm³/mol. The molecule has 1 heterocycles. The molecule has 0 aliphatic carbocycles. The summed E-state index contributed by atoms with van der Waals surface area (Å²) >= 11 is 0. The molecule has 206 valence electrons. The average molecular weight is 535 g/mol. The smallest absolute Gasteiger partial charge is 0.422 e. The van der Waals surface area contributed by atoms with Gasteiger partial charge in [-0.3, -0.25) is 0 Å².